The Morgan fingerprint density at radius 2 is 2.32 bits per heavy atom. The molecule has 0 spiro atoms. The van der Waals surface area contributed by atoms with Crippen LogP contribution in [-0.4, -0.2) is 33.9 Å². The first-order valence-electron chi connectivity index (χ1n) is 6.94. The van der Waals surface area contributed by atoms with Gasteiger partial charge in [-0.3, -0.25) is 15.2 Å². The molecular formula is C14H20N4O. The van der Waals surface area contributed by atoms with Gasteiger partial charge in [-0.2, -0.15) is 0 Å². The van der Waals surface area contributed by atoms with Crippen molar-refractivity contribution in [2.24, 2.45) is 0 Å². The van der Waals surface area contributed by atoms with Crippen molar-refractivity contribution in [3.05, 3.63) is 30.1 Å². The van der Waals surface area contributed by atoms with Crippen LogP contribution in [0.15, 0.2) is 24.5 Å². The van der Waals surface area contributed by atoms with Crippen molar-refractivity contribution < 1.29 is 4.79 Å². The van der Waals surface area contributed by atoms with Crippen LogP contribution < -0.4 is 10.9 Å². The SMILES string of the molecule is CC1CC(C(=O)N(Cc2cccnc2)C2CC2)NN1. The zero-order chi connectivity index (χ0) is 13.2. The van der Waals surface area contributed by atoms with Crippen molar-refractivity contribution in [3.8, 4) is 0 Å². The third kappa shape index (κ3) is 2.93. The summed E-state index contributed by atoms with van der Waals surface area (Å²) in [6.45, 7) is 2.76. The lowest BCUT2D eigenvalue weighted by atomic mass is 10.1. The number of hydrogen-bond donors (Lipinski definition) is 2. The summed E-state index contributed by atoms with van der Waals surface area (Å²) in [5.41, 5.74) is 7.32. The molecule has 1 aromatic rings. The van der Waals surface area contributed by atoms with Crippen LogP contribution in [0.4, 0.5) is 0 Å². The zero-order valence-corrected chi connectivity index (χ0v) is 11.2. The summed E-state index contributed by atoms with van der Waals surface area (Å²) >= 11 is 0. The van der Waals surface area contributed by atoms with E-state index in [1.54, 1.807) is 6.20 Å². The molecule has 2 fully saturated rings. The highest BCUT2D eigenvalue weighted by molar-refractivity contribution is 5.82. The quantitative estimate of drug-likeness (QED) is 0.842. The number of aromatic nitrogens is 1. The van der Waals surface area contributed by atoms with Gasteiger partial charge in [0.1, 0.15) is 6.04 Å². The highest BCUT2D eigenvalue weighted by Crippen LogP contribution is 2.29. The molecule has 1 amide bonds. The van der Waals surface area contributed by atoms with Crippen LogP contribution >= 0.6 is 0 Å². The van der Waals surface area contributed by atoms with Gasteiger partial charge in [-0.1, -0.05) is 6.07 Å². The molecule has 2 aliphatic rings. The molecule has 1 aliphatic carbocycles. The molecule has 19 heavy (non-hydrogen) atoms. The van der Waals surface area contributed by atoms with Gasteiger partial charge in [0.05, 0.1) is 0 Å². The topological polar surface area (TPSA) is 57.3 Å². The molecule has 0 aromatic carbocycles. The summed E-state index contributed by atoms with van der Waals surface area (Å²) < 4.78 is 0. The van der Waals surface area contributed by atoms with Crippen LogP contribution in [0.1, 0.15) is 31.7 Å². The first kappa shape index (κ1) is 12.6. The van der Waals surface area contributed by atoms with E-state index in [4.69, 9.17) is 0 Å². The van der Waals surface area contributed by atoms with E-state index in [1.165, 1.54) is 0 Å². The van der Waals surface area contributed by atoms with Crippen LogP contribution in [0, 0.1) is 0 Å². The largest absolute Gasteiger partial charge is 0.334 e. The fourth-order valence-corrected chi connectivity index (χ4v) is 2.54. The molecule has 1 saturated carbocycles. The second kappa shape index (κ2) is 5.27. The molecule has 2 atom stereocenters. The molecule has 0 bridgehead atoms. The minimum absolute atomic E-state index is 0.0905. The third-order valence-corrected chi connectivity index (χ3v) is 3.74. The summed E-state index contributed by atoms with van der Waals surface area (Å²) in [5.74, 6) is 0.211. The van der Waals surface area contributed by atoms with E-state index < -0.39 is 0 Å². The highest BCUT2D eigenvalue weighted by Gasteiger charge is 2.37. The standard InChI is InChI=1S/C14H20N4O/c1-10-7-13(17-16-10)14(19)18(12-4-5-12)9-11-3-2-6-15-8-11/h2-3,6,8,10,12-13,16-17H,4-5,7,9H2,1H3. The number of amides is 1. The Hall–Kier alpha value is -1.46. The molecular weight excluding hydrogens is 240 g/mol. The monoisotopic (exact) mass is 260 g/mol. The van der Waals surface area contributed by atoms with Gasteiger partial charge in [-0.15, -0.1) is 0 Å². The minimum Gasteiger partial charge on any atom is -0.334 e. The van der Waals surface area contributed by atoms with E-state index in [-0.39, 0.29) is 11.9 Å². The van der Waals surface area contributed by atoms with Crippen LogP contribution in [0.3, 0.4) is 0 Å². The Kier molecular flexibility index (Phi) is 3.48. The maximum atomic E-state index is 12.6. The molecule has 0 radical (unpaired) electrons. The van der Waals surface area contributed by atoms with Crippen molar-refractivity contribution in [2.75, 3.05) is 0 Å². The van der Waals surface area contributed by atoms with Crippen molar-refractivity contribution in [1.29, 1.82) is 0 Å². The van der Waals surface area contributed by atoms with Crippen molar-refractivity contribution >= 4 is 5.91 Å². The number of rotatable bonds is 4. The van der Waals surface area contributed by atoms with E-state index in [0.717, 1.165) is 24.8 Å². The smallest absolute Gasteiger partial charge is 0.241 e. The number of hydrogen-bond acceptors (Lipinski definition) is 4. The predicted octanol–water partition coefficient (Wildman–Crippen LogP) is 0.828. The number of carbonyl (C=O) groups excluding carboxylic acids is 1. The fourth-order valence-electron chi connectivity index (χ4n) is 2.54. The van der Waals surface area contributed by atoms with Gasteiger partial charge >= 0.3 is 0 Å². The number of carbonyl (C=O) groups is 1. The van der Waals surface area contributed by atoms with Crippen LogP contribution in [0.25, 0.3) is 0 Å². The third-order valence-electron chi connectivity index (χ3n) is 3.74. The first-order chi connectivity index (χ1) is 9.24. The van der Waals surface area contributed by atoms with E-state index in [2.05, 4.69) is 22.8 Å². The summed E-state index contributed by atoms with van der Waals surface area (Å²) in [6, 6.07) is 4.63. The fraction of sp³-hybridized carbons (Fsp3) is 0.571. The zero-order valence-electron chi connectivity index (χ0n) is 11.2. The van der Waals surface area contributed by atoms with Crippen LogP contribution in [-0.2, 0) is 11.3 Å². The van der Waals surface area contributed by atoms with E-state index in [0.29, 0.717) is 18.6 Å². The van der Waals surface area contributed by atoms with Gasteiger partial charge < -0.3 is 4.90 Å². The number of hydrazine groups is 1. The summed E-state index contributed by atoms with van der Waals surface area (Å²) in [4.78, 5) is 18.7. The molecule has 2 N–H and O–H groups in total. The lowest BCUT2D eigenvalue weighted by Gasteiger charge is -2.25. The van der Waals surface area contributed by atoms with E-state index >= 15 is 0 Å². The average Bonchev–Trinajstić information content (AvgIpc) is 3.18. The van der Waals surface area contributed by atoms with Gasteiger partial charge in [0, 0.05) is 31.0 Å². The maximum absolute atomic E-state index is 12.6. The normalized spacial score (nSPS) is 26.4. The Labute approximate surface area is 113 Å². The lowest BCUT2D eigenvalue weighted by Crippen LogP contribution is -2.46. The summed E-state index contributed by atoms with van der Waals surface area (Å²) in [6.07, 6.45) is 6.71. The Morgan fingerprint density at radius 1 is 1.47 bits per heavy atom. The lowest BCUT2D eigenvalue weighted by molar-refractivity contribution is -0.134. The van der Waals surface area contributed by atoms with Crippen LogP contribution in [0.2, 0.25) is 0 Å². The second-order valence-electron chi connectivity index (χ2n) is 5.54. The maximum Gasteiger partial charge on any atom is 0.241 e. The van der Waals surface area contributed by atoms with Gasteiger partial charge in [0.25, 0.3) is 0 Å². The Morgan fingerprint density at radius 3 is 2.89 bits per heavy atom. The van der Waals surface area contributed by atoms with Gasteiger partial charge in [0.2, 0.25) is 5.91 Å². The molecule has 1 aromatic heterocycles. The molecule has 3 rings (SSSR count). The Balaban J connectivity index is 1.69. The molecule has 1 saturated heterocycles. The molecule has 5 nitrogen and oxygen atoms in total. The summed E-state index contributed by atoms with van der Waals surface area (Å²) in [7, 11) is 0. The Bertz CT molecular complexity index is 446. The molecule has 2 heterocycles. The number of nitrogens with one attached hydrogen (secondary N) is 2. The predicted molar refractivity (Wildman–Crippen MR) is 71.9 cm³/mol. The van der Waals surface area contributed by atoms with Crippen LogP contribution in [0.5, 0.6) is 0 Å². The first-order valence-corrected chi connectivity index (χ1v) is 6.94. The number of pyridine rings is 1. The van der Waals surface area contributed by atoms with E-state index in [9.17, 15) is 4.79 Å². The highest BCUT2D eigenvalue weighted by atomic mass is 16.2. The van der Waals surface area contributed by atoms with Gasteiger partial charge in [0.15, 0.2) is 0 Å². The average molecular weight is 260 g/mol. The molecule has 2 unspecified atom stereocenters. The summed E-state index contributed by atoms with van der Waals surface area (Å²) in [5, 5.41) is 0. The number of nitrogens with zero attached hydrogens (tertiary/aromatic N) is 2. The van der Waals surface area contributed by atoms with Crippen molar-refractivity contribution in [3.63, 3.8) is 0 Å². The van der Waals surface area contributed by atoms with Gasteiger partial charge in [-0.25, -0.2) is 5.43 Å². The van der Waals surface area contributed by atoms with Crippen molar-refractivity contribution in [1.82, 2.24) is 20.7 Å². The van der Waals surface area contributed by atoms with Gasteiger partial charge in [-0.05, 0) is 37.8 Å². The molecule has 102 valence electrons. The molecule has 1 aliphatic heterocycles. The van der Waals surface area contributed by atoms with E-state index in [1.807, 2.05) is 23.2 Å². The van der Waals surface area contributed by atoms with Crippen molar-refractivity contribution in [2.45, 2.75) is 50.9 Å². The minimum atomic E-state index is -0.0905. The second-order valence-corrected chi connectivity index (χ2v) is 5.54. The molecule has 5 heteroatoms.